The van der Waals surface area contributed by atoms with Gasteiger partial charge in [0.05, 0.1) is 12.2 Å². The van der Waals surface area contributed by atoms with Crippen molar-refractivity contribution in [2.24, 2.45) is 7.05 Å². The fourth-order valence-electron chi connectivity index (χ4n) is 2.65. The van der Waals surface area contributed by atoms with E-state index in [2.05, 4.69) is 22.3 Å². The number of nitrogens with one attached hydrogen (secondary N) is 1. The number of benzene rings is 2. The standard InChI is InChI=1S/C22H21FN4O/c1-26(2)19-12-6-16(7-13-19)5-4-14-24-22(28)21-15-20(25-27(21)3)17-8-10-18(23)11-9-17/h6-13,15H,14H2,1-3H3,(H,24,28). The Morgan fingerprint density at radius 2 is 1.82 bits per heavy atom. The summed E-state index contributed by atoms with van der Waals surface area (Å²) in [6.07, 6.45) is 0. The zero-order valence-electron chi connectivity index (χ0n) is 16.0. The summed E-state index contributed by atoms with van der Waals surface area (Å²) in [5.74, 6) is 5.40. The van der Waals surface area contributed by atoms with Gasteiger partial charge in [0.15, 0.2) is 0 Å². The predicted molar refractivity (Wildman–Crippen MR) is 109 cm³/mol. The fraction of sp³-hybridized carbons (Fsp3) is 0.182. The van der Waals surface area contributed by atoms with Crippen LogP contribution in [0.2, 0.25) is 0 Å². The third-order valence-electron chi connectivity index (χ3n) is 4.21. The molecule has 142 valence electrons. The van der Waals surface area contributed by atoms with Crippen LogP contribution in [0.1, 0.15) is 16.1 Å². The summed E-state index contributed by atoms with van der Waals surface area (Å²) < 4.78 is 14.6. The lowest BCUT2D eigenvalue weighted by Crippen LogP contribution is -2.25. The monoisotopic (exact) mass is 376 g/mol. The number of anilines is 1. The molecule has 0 spiro atoms. The SMILES string of the molecule is CN(C)c1ccc(C#CCNC(=O)c2cc(-c3ccc(F)cc3)nn2C)cc1. The molecule has 0 unspecified atom stereocenters. The van der Waals surface area contributed by atoms with E-state index in [0.29, 0.717) is 11.4 Å². The summed E-state index contributed by atoms with van der Waals surface area (Å²) in [4.78, 5) is 14.4. The number of hydrogen-bond acceptors (Lipinski definition) is 3. The quantitative estimate of drug-likeness (QED) is 0.712. The highest BCUT2D eigenvalue weighted by atomic mass is 19.1. The summed E-state index contributed by atoms with van der Waals surface area (Å²) in [5.41, 5.74) is 3.76. The van der Waals surface area contributed by atoms with Gasteiger partial charge in [0, 0.05) is 38.0 Å². The average Bonchev–Trinajstić information content (AvgIpc) is 3.08. The first-order chi connectivity index (χ1) is 13.4. The summed E-state index contributed by atoms with van der Waals surface area (Å²) in [6.45, 7) is 0.228. The lowest BCUT2D eigenvalue weighted by molar-refractivity contribution is 0.0949. The van der Waals surface area contributed by atoms with Crippen LogP contribution < -0.4 is 10.2 Å². The van der Waals surface area contributed by atoms with Crippen molar-refractivity contribution in [2.75, 3.05) is 25.5 Å². The Bertz CT molecular complexity index is 1030. The molecule has 6 heteroatoms. The summed E-state index contributed by atoms with van der Waals surface area (Å²) in [6, 6.07) is 15.6. The summed E-state index contributed by atoms with van der Waals surface area (Å²) in [5, 5.41) is 7.10. The van der Waals surface area contributed by atoms with Crippen LogP contribution in [0.15, 0.2) is 54.6 Å². The van der Waals surface area contributed by atoms with E-state index < -0.39 is 0 Å². The maximum Gasteiger partial charge on any atom is 0.270 e. The highest BCUT2D eigenvalue weighted by Crippen LogP contribution is 2.19. The Morgan fingerprint density at radius 1 is 1.14 bits per heavy atom. The van der Waals surface area contributed by atoms with Gasteiger partial charge in [0.25, 0.3) is 5.91 Å². The van der Waals surface area contributed by atoms with Gasteiger partial charge in [-0.15, -0.1) is 0 Å². The second-order valence-electron chi connectivity index (χ2n) is 6.47. The molecule has 0 fully saturated rings. The van der Waals surface area contributed by atoms with Gasteiger partial charge >= 0.3 is 0 Å². The largest absolute Gasteiger partial charge is 0.378 e. The van der Waals surface area contributed by atoms with Gasteiger partial charge in [-0.25, -0.2) is 4.39 Å². The number of carbonyl (C=O) groups is 1. The molecule has 0 bridgehead atoms. The van der Waals surface area contributed by atoms with Crippen molar-refractivity contribution in [1.82, 2.24) is 15.1 Å². The summed E-state index contributed by atoms with van der Waals surface area (Å²) >= 11 is 0. The number of nitrogens with zero attached hydrogens (tertiary/aromatic N) is 3. The van der Waals surface area contributed by atoms with E-state index in [1.54, 1.807) is 25.2 Å². The molecule has 3 aromatic rings. The van der Waals surface area contributed by atoms with Crippen molar-refractivity contribution in [3.8, 4) is 23.1 Å². The van der Waals surface area contributed by atoms with Crippen LogP contribution in [-0.2, 0) is 7.05 Å². The minimum atomic E-state index is -0.312. The maximum absolute atomic E-state index is 13.1. The second-order valence-corrected chi connectivity index (χ2v) is 6.47. The lowest BCUT2D eigenvalue weighted by Gasteiger charge is -2.11. The molecule has 2 aromatic carbocycles. The van der Waals surface area contributed by atoms with E-state index in [0.717, 1.165) is 16.8 Å². The smallest absolute Gasteiger partial charge is 0.270 e. The fourth-order valence-corrected chi connectivity index (χ4v) is 2.65. The number of rotatable bonds is 4. The van der Waals surface area contributed by atoms with Gasteiger partial charge in [-0.1, -0.05) is 11.8 Å². The normalized spacial score (nSPS) is 10.1. The highest BCUT2D eigenvalue weighted by molar-refractivity contribution is 5.93. The van der Waals surface area contributed by atoms with Crippen LogP contribution in [0.4, 0.5) is 10.1 Å². The van der Waals surface area contributed by atoms with Crippen molar-refractivity contribution < 1.29 is 9.18 Å². The van der Waals surface area contributed by atoms with Crippen molar-refractivity contribution in [1.29, 1.82) is 0 Å². The van der Waals surface area contributed by atoms with E-state index in [4.69, 9.17) is 0 Å². The van der Waals surface area contributed by atoms with Crippen molar-refractivity contribution in [3.05, 3.63) is 71.7 Å². The zero-order valence-corrected chi connectivity index (χ0v) is 16.0. The van der Waals surface area contributed by atoms with E-state index in [-0.39, 0.29) is 18.3 Å². The summed E-state index contributed by atoms with van der Waals surface area (Å²) in [7, 11) is 5.66. The van der Waals surface area contributed by atoms with E-state index >= 15 is 0 Å². The van der Waals surface area contributed by atoms with Crippen molar-refractivity contribution >= 4 is 11.6 Å². The molecule has 1 N–H and O–H groups in total. The zero-order chi connectivity index (χ0) is 20.1. The second kappa shape index (κ2) is 8.40. The third-order valence-corrected chi connectivity index (χ3v) is 4.21. The van der Waals surface area contributed by atoms with Crippen molar-refractivity contribution in [2.45, 2.75) is 0 Å². The number of carbonyl (C=O) groups excluding carboxylic acids is 1. The topological polar surface area (TPSA) is 50.2 Å². The van der Waals surface area contributed by atoms with Gasteiger partial charge in [0.1, 0.15) is 11.5 Å². The van der Waals surface area contributed by atoms with Gasteiger partial charge in [-0.3, -0.25) is 9.48 Å². The Kier molecular flexibility index (Phi) is 5.75. The molecular weight excluding hydrogens is 355 g/mol. The molecule has 3 rings (SSSR count). The molecule has 0 radical (unpaired) electrons. The van der Waals surface area contributed by atoms with Gasteiger partial charge < -0.3 is 10.2 Å². The predicted octanol–water partition coefficient (Wildman–Crippen LogP) is 3.07. The van der Waals surface area contributed by atoms with Gasteiger partial charge in [0.2, 0.25) is 0 Å². The highest BCUT2D eigenvalue weighted by Gasteiger charge is 2.13. The maximum atomic E-state index is 13.1. The van der Waals surface area contributed by atoms with Crippen LogP contribution >= 0.6 is 0 Å². The van der Waals surface area contributed by atoms with Crippen LogP contribution in [0, 0.1) is 17.7 Å². The van der Waals surface area contributed by atoms with Crippen LogP contribution in [0.5, 0.6) is 0 Å². The number of aromatic nitrogens is 2. The third kappa shape index (κ3) is 4.57. The number of aryl methyl sites for hydroxylation is 1. The minimum Gasteiger partial charge on any atom is -0.378 e. The molecule has 0 aliphatic rings. The molecule has 1 aromatic heterocycles. The minimum absolute atomic E-state index is 0.228. The molecule has 5 nitrogen and oxygen atoms in total. The van der Waals surface area contributed by atoms with Crippen LogP contribution in [0.3, 0.4) is 0 Å². The van der Waals surface area contributed by atoms with Crippen LogP contribution in [-0.4, -0.2) is 36.3 Å². The first-order valence-electron chi connectivity index (χ1n) is 8.78. The molecular formula is C22H21FN4O. The molecule has 0 aliphatic heterocycles. The first-order valence-corrected chi connectivity index (χ1v) is 8.78. The molecule has 1 heterocycles. The Morgan fingerprint density at radius 3 is 2.46 bits per heavy atom. The van der Waals surface area contributed by atoms with E-state index in [1.165, 1.54) is 16.8 Å². The Hall–Kier alpha value is -3.59. The Labute approximate surface area is 163 Å². The average molecular weight is 376 g/mol. The van der Waals surface area contributed by atoms with Crippen LogP contribution in [0.25, 0.3) is 11.3 Å². The van der Waals surface area contributed by atoms with E-state index in [1.807, 2.05) is 43.3 Å². The molecule has 0 aliphatic carbocycles. The van der Waals surface area contributed by atoms with Gasteiger partial charge in [-0.05, 0) is 54.6 Å². The molecule has 0 atom stereocenters. The van der Waals surface area contributed by atoms with E-state index in [9.17, 15) is 9.18 Å². The van der Waals surface area contributed by atoms with Crippen molar-refractivity contribution in [3.63, 3.8) is 0 Å². The Balaban J connectivity index is 1.62. The lowest BCUT2D eigenvalue weighted by atomic mass is 10.1. The number of amides is 1. The molecule has 0 saturated heterocycles. The van der Waals surface area contributed by atoms with Gasteiger partial charge in [-0.2, -0.15) is 5.10 Å². The molecule has 0 saturated carbocycles. The molecule has 1 amide bonds. The molecule has 28 heavy (non-hydrogen) atoms. The first kappa shape index (κ1) is 19.2. The number of hydrogen-bond donors (Lipinski definition) is 1. The number of halogens is 1.